The zero-order valence-electron chi connectivity index (χ0n) is 14.4. The van der Waals surface area contributed by atoms with E-state index in [0.717, 1.165) is 29.9 Å². The molecule has 0 unspecified atom stereocenters. The highest BCUT2D eigenvalue weighted by Gasteiger charge is 2.23. The Labute approximate surface area is 165 Å². The second-order valence-corrected chi connectivity index (χ2v) is 7.44. The van der Waals surface area contributed by atoms with Crippen LogP contribution in [-0.4, -0.2) is 26.2 Å². The zero-order chi connectivity index (χ0) is 19.0. The average molecular weight is 407 g/mol. The molecule has 0 saturated heterocycles. The molecule has 1 aliphatic rings. The van der Waals surface area contributed by atoms with Gasteiger partial charge in [0, 0.05) is 36.4 Å². The van der Waals surface area contributed by atoms with E-state index in [1.165, 1.54) is 16.8 Å². The van der Waals surface area contributed by atoms with Gasteiger partial charge in [-0.1, -0.05) is 35.3 Å². The van der Waals surface area contributed by atoms with Crippen LogP contribution >= 0.6 is 23.2 Å². The minimum Gasteiger partial charge on any atom is -0.298 e. The lowest BCUT2D eigenvalue weighted by atomic mass is 10.1. The van der Waals surface area contributed by atoms with Crippen LogP contribution in [0.4, 0.5) is 4.39 Å². The number of nitrogens with zero attached hydrogens (tertiary/aromatic N) is 3. The normalized spacial score (nSPS) is 14.3. The molecule has 3 heterocycles. The molecule has 0 saturated carbocycles. The summed E-state index contributed by atoms with van der Waals surface area (Å²) in [6.45, 7) is 2.46. The second kappa shape index (κ2) is 7.46. The van der Waals surface area contributed by atoms with Gasteiger partial charge >= 0.3 is 0 Å². The Morgan fingerprint density at radius 2 is 2.04 bits per heavy atom. The SMILES string of the molecule is O=c1c2c([nH]n1Cc1ccc(F)cc1Cl)CN(Cc1ccc(Cl)nc1)CC2. The van der Waals surface area contributed by atoms with Crippen LogP contribution in [0, 0.1) is 5.82 Å². The molecule has 0 aliphatic carbocycles. The fourth-order valence-electron chi connectivity index (χ4n) is 3.36. The average Bonchev–Trinajstić information content (AvgIpc) is 2.95. The van der Waals surface area contributed by atoms with Crippen molar-refractivity contribution in [3.8, 4) is 0 Å². The molecule has 27 heavy (non-hydrogen) atoms. The number of pyridine rings is 1. The van der Waals surface area contributed by atoms with Crippen molar-refractivity contribution in [2.75, 3.05) is 6.54 Å². The van der Waals surface area contributed by atoms with Crippen LogP contribution in [0.3, 0.4) is 0 Å². The highest BCUT2D eigenvalue weighted by molar-refractivity contribution is 6.31. The molecule has 3 aromatic rings. The maximum atomic E-state index is 13.2. The van der Waals surface area contributed by atoms with Crippen LogP contribution in [0.5, 0.6) is 0 Å². The van der Waals surface area contributed by atoms with Crippen molar-refractivity contribution in [1.29, 1.82) is 0 Å². The third-order valence-electron chi connectivity index (χ3n) is 4.74. The van der Waals surface area contributed by atoms with E-state index in [2.05, 4.69) is 15.0 Å². The van der Waals surface area contributed by atoms with Gasteiger partial charge in [0.15, 0.2) is 0 Å². The van der Waals surface area contributed by atoms with Gasteiger partial charge in [-0.05, 0) is 35.7 Å². The van der Waals surface area contributed by atoms with Gasteiger partial charge in [0.2, 0.25) is 0 Å². The first kappa shape index (κ1) is 18.2. The Hall–Kier alpha value is -2.15. The summed E-state index contributed by atoms with van der Waals surface area (Å²) in [6.07, 6.45) is 2.44. The molecule has 0 amide bonds. The zero-order valence-corrected chi connectivity index (χ0v) is 15.9. The minimum absolute atomic E-state index is 0.0433. The van der Waals surface area contributed by atoms with Crippen molar-refractivity contribution in [2.45, 2.75) is 26.1 Å². The summed E-state index contributed by atoms with van der Waals surface area (Å²) in [5, 5.41) is 3.97. The fraction of sp³-hybridized carbons (Fsp3) is 0.263. The number of benzene rings is 1. The van der Waals surface area contributed by atoms with Gasteiger partial charge in [-0.3, -0.25) is 14.8 Å². The molecule has 0 atom stereocenters. The molecule has 0 spiro atoms. The van der Waals surface area contributed by atoms with Gasteiger partial charge in [0.05, 0.1) is 12.2 Å². The van der Waals surface area contributed by atoms with Gasteiger partial charge < -0.3 is 0 Å². The number of nitrogens with one attached hydrogen (secondary N) is 1. The summed E-state index contributed by atoms with van der Waals surface area (Å²) in [5.41, 5.74) is 3.44. The number of hydrogen-bond donors (Lipinski definition) is 1. The number of aromatic nitrogens is 3. The quantitative estimate of drug-likeness (QED) is 0.673. The summed E-state index contributed by atoms with van der Waals surface area (Å²) in [6, 6.07) is 7.93. The lowest BCUT2D eigenvalue weighted by Gasteiger charge is -2.25. The molecule has 0 bridgehead atoms. The molecule has 140 valence electrons. The largest absolute Gasteiger partial charge is 0.298 e. The summed E-state index contributed by atoms with van der Waals surface area (Å²) in [7, 11) is 0. The van der Waals surface area contributed by atoms with E-state index in [1.54, 1.807) is 18.3 Å². The molecule has 8 heteroatoms. The van der Waals surface area contributed by atoms with Crippen LogP contribution < -0.4 is 5.56 Å². The third-order valence-corrected chi connectivity index (χ3v) is 5.31. The van der Waals surface area contributed by atoms with Crippen molar-refractivity contribution in [3.05, 3.63) is 85.3 Å². The maximum absolute atomic E-state index is 13.2. The molecule has 2 aromatic heterocycles. The molecule has 1 aromatic carbocycles. The highest BCUT2D eigenvalue weighted by atomic mass is 35.5. The van der Waals surface area contributed by atoms with Crippen LogP contribution in [0.2, 0.25) is 10.2 Å². The first-order valence-corrected chi connectivity index (χ1v) is 9.32. The molecule has 1 aliphatic heterocycles. The van der Waals surface area contributed by atoms with Crippen molar-refractivity contribution in [1.82, 2.24) is 19.7 Å². The van der Waals surface area contributed by atoms with E-state index in [4.69, 9.17) is 23.2 Å². The lowest BCUT2D eigenvalue weighted by Crippen LogP contribution is -2.31. The van der Waals surface area contributed by atoms with Crippen molar-refractivity contribution < 1.29 is 4.39 Å². The van der Waals surface area contributed by atoms with E-state index in [-0.39, 0.29) is 12.1 Å². The van der Waals surface area contributed by atoms with E-state index in [1.807, 2.05) is 6.07 Å². The van der Waals surface area contributed by atoms with Crippen molar-refractivity contribution in [3.63, 3.8) is 0 Å². The molecule has 0 radical (unpaired) electrons. The smallest absolute Gasteiger partial charge is 0.270 e. The lowest BCUT2D eigenvalue weighted by molar-refractivity contribution is 0.241. The third kappa shape index (κ3) is 3.93. The summed E-state index contributed by atoms with van der Waals surface area (Å²) in [4.78, 5) is 19.0. The van der Waals surface area contributed by atoms with Crippen LogP contribution in [0.15, 0.2) is 41.3 Å². The standard InChI is InChI=1S/C19H17Cl2FN4O/c20-16-7-14(22)3-2-13(16)10-26-19(27)15-5-6-25(11-17(15)24-26)9-12-1-4-18(21)23-8-12/h1-4,7-8,24H,5-6,9-11H2. The number of H-pyrrole nitrogens is 1. The first-order chi connectivity index (χ1) is 13.0. The molecular weight excluding hydrogens is 390 g/mol. The fourth-order valence-corrected chi connectivity index (χ4v) is 3.70. The van der Waals surface area contributed by atoms with Crippen LogP contribution in [0.1, 0.15) is 22.4 Å². The van der Waals surface area contributed by atoms with E-state index >= 15 is 0 Å². The van der Waals surface area contributed by atoms with Crippen LogP contribution in [-0.2, 0) is 26.1 Å². The summed E-state index contributed by atoms with van der Waals surface area (Å²) in [5.74, 6) is -0.394. The predicted molar refractivity (Wildman–Crippen MR) is 103 cm³/mol. The van der Waals surface area contributed by atoms with Gasteiger partial charge in [-0.2, -0.15) is 0 Å². The molecule has 0 fully saturated rings. The van der Waals surface area contributed by atoms with E-state index < -0.39 is 5.82 Å². The maximum Gasteiger partial charge on any atom is 0.270 e. The Bertz CT molecular complexity index is 1030. The number of halogens is 3. The van der Waals surface area contributed by atoms with Crippen LogP contribution in [0.25, 0.3) is 0 Å². The van der Waals surface area contributed by atoms with Crippen molar-refractivity contribution in [2.24, 2.45) is 0 Å². The number of fused-ring (bicyclic) bond motifs is 1. The van der Waals surface area contributed by atoms with Gasteiger partial charge in [0.1, 0.15) is 11.0 Å². The second-order valence-electron chi connectivity index (χ2n) is 6.65. The Morgan fingerprint density at radius 3 is 2.78 bits per heavy atom. The number of aromatic amines is 1. The van der Waals surface area contributed by atoms with E-state index in [0.29, 0.717) is 28.7 Å². The summed E-state index contributed by atoms with van der Waals surface area (Å²) >= 11 is 11.9. The Morgan fingerprint density at radius 1 is 1.19 bits per heavy atom. The number of hydrogen-bond acceptors (Lipinski definition) is 3. The highest BCUT2D eigenvalue weighted by Crippen LogP contribution is 2.20. The van der Waals surface area contributed by atoms with Gasteiger partial charge in [0.25, 0.3) is 5.56 Å². The molecule has 5 nitrogen and oxygen atoms in total. The Kier molecular flexibility index (Phi) is 5.04. The number of rotatable bonds is 4. The minimum atomic E-state index is -0.394. The Balaban J connectivity index is 1.52. The van der Waals surface area contributed by atoms with E-state index in [9.17, 15) is 9.18 Å². The summed E-state index contributed by atoms with van der Waals surface area (Å²) < 4.78 is 14.8. The molecule has 1 N–H and O–H groups in total. The molecule has 4 rings (SSSR count). The van der Waals surface area contributed by atoms with Gasteiger partial charge in [-0.25, -0.2) is 14.1 Å². The first-order valence-electron chi connectivity index (χ1n) is 8.57. The van der Waals surface area contributed by atoms with Crippen molar-refractivity contribution >= 4 is 23.2 Å². The molecular formula is C19H17Cl2FN4O. The topological polar surface area (TPSA) is 53.9 Å². The monoisotopic (exact) mass is 406 g/mol. The predicted octanol–water partition coefficient (Wildman–Crippen LogP) is 3.62. The van der Waals surface area contributed by atoms with Gasteiger partial charge in [-0.15, -0.1) is 0 Å².